The van der Waals surface area contributed by atoms with Gasteiger partial charge in [0.05, 0.1) is 0 Å². The number of likely N-dealkylation sites (N-methyl/N-ethyl adjacent to an activating group) is 1. The lowest BCUT2D eigenvalue weighted by atomic mass is 10.0. The fourth-order valence-corrected chi connectivity index (χ4v) is 3.08. The Hall–Kier alpha value is -1.28. The number of para-hydroxylation sites is 1. The second-order valence-electron chi connectivity index (χ2n) is 4.81. The minimum atomic E-state index is 1.08. The largest absolute Gasteiger partial charge is 0.343 e. The average Bonchev–Trinajstić information content (AvgIpc) is 2.71. The Morgan fingerprint density at radius 1 is 1.12 bits per heavy atom. The summed E-state index contributed by atoms with van der Waals surface area (Å²) in [6.45, 7) is 9.06. The lowest BCUT2D eigenvalue weighted by molar-refractivity contribution is 0.261. The molecule has 0 N–H and O–H groups in total. The van der Waals surface area contributed by atoms with Gasteiger partial charge in [-0.1, -0.05) is 25.1 Å². The van der Waals surface area contributed by atoms with E-state index >= 15 is 0 Å². The molecule has 0 radical (unpaired) electrons. The molecule has 3 rings (SSSR count). The fourth-order valence-electron chi connectivity index (χ4n) is 3.08. The van der Waals surface area contributed by atoms with Gasteiger partial charge in [-0.05, 0) is 31.5 Å². The molecule has 0 fully saturated rings. The molecule has 0 unspecified atom stereocenters. The van der Waals surface area contributed by atoms with E-state index in [1.165, 1.54) is 23.9 Å². The van der Waals surface area contributed by atoms with Crippen LogP contribution in [0.4, 0.5) is 0 Å². The summed E-state index contributed by atoms with van der Waals surface area (Å²) in [5, 5.41) is 1.47. The maximum Gasteiger partial charge on any atom is 0.0485 e. The van der Waals surface area contributed by atoms with E-state index < -0.39 is 0 Å². The van der Waals surface area contributed by atoms with Gasteiger partial charge in [-0.2, -0.15) is 0 Å². The highest BCUT2D eigenvalue weighted by atomic mass is 15.2. The van der Waals surface area contributed by atoms with Crippen LogP contribution < -0.4 is 0 Å². The van der Waals surface area contributed by atoms with E-state index in [1.807, 2.05) is 0 Å². The van der Waals surface area contributed by atoms with Crippen molar-refractivity contribution in [3.05, 3.63) is 35.5 Å². The number of aryl methyl sites for hydroxylation is 1. The third kappa shape index (κ3) is 1.59. The second kappa shape index (κ2) is 4.19. The summed E-state index contributed by atoms with van der Waals surface area (Å²) in [6, 6.07) is 8.85. The van der Waals surface area contributed by atoms with Crippen molar-refractivity contribution in [3.63, 3.8) is 0 Å². The summed E-state index contributed by atoms with van der Waals surface area (Å²) in [4.78, 5) is 2.54. The summed E-state index contributed by atoms with van der Waals surface area (Å²) in [6.07, 6.45) is 1.21. The number of nitrogens with zero attached hydrogens (tertiary/aromatic N) is 2. The van der Waals surface area contributed by atoms with Gasteiger partial charge in [0.25, 0.3) is 0 Å². The summed E-state index contributed by atoms with van der Waals surface area (Å²) >= 11 is 0. The number of rotatable bonds is 2. The Morgan fingerprint density at radius 2 is 1.94 bits per heavy atom. The van der Waals surface area contributed by atoms with Crippen LogP contribution >= 0.6 is 0 Å². The first-order chi connectivity index (χ1) is 8.35. The van der Waals surface area contributed by atoms with Crippen molar-refractivity contribution >= 4 is 10.9 Å². The van der Waals surface area contributed by atoms with Crippen molar-refractivity contribution in [2.75, 3.05) is 13.1 Å². The zero-order valence-corrected chi connectivity index (χ0v) is 10.7. The molecule has 2 heteroatoms. The highest BCUT2D eigenvalue weighted by Crippen LogP contribution is 2.30. The third-order valence-corrected chi connectivity index (χ3v) is 4.01. The first kappa shape index (κ1) is 10.8. The van der Waals surface area contributed by atoms with Crippen LogP contribution in [0.15, 0.2) is 24.3 Å². The SMILES string of the molecule is CCN1CCc2c(n(CC)c3ccccc23)C1. The van der Waals surface area contributed by atoms with E-state index in [0.29, 0.717) is 0 Å². The number of benzene rings is 1. The van der Waals surface area contributed by atoms with E-state index in [9.17, 15) is 0 Å². The Morgan fingerprint density at radius 3 is 2.71 bits per heavy atom. The minimum Gasteiger partial charge on any atom is -0.343 e. The quantitative estimate of drug-likeness (QED) is 0.767. The van der Waals surface area contributed by atoms with Crippen LogP contribution in [0.3, 0.4) is 0 Å². The Labute approximate surface area is 103 Å². The summed E-state index contributed by atoms with van der Waals surface area (Å²) in [5.74, 6) is 0. The number of hydrogen-bond donors (Lipinski definition) is 0. The van der Waals surface area contributed by atoms with Crippen LogP contribution in [0.2, 0.25) is 0 Å². The van der Waals surface area contributed by atoms with Gasteiger partial charge in [-0.25, -0.2) is 0 Å². The van der Waals surface area contributed by atoms with Gasteiger partial charge in [-0.15, -0.1) is 0 Å². The van der Waals surface area contributed by atoms with E-state index in [0.717, 1.165) is 19.6 Å². The zero-order valence-electron chi connectivity index (χ0n) is 10.7. The van der Waals surface area contributed by atoms with Crippen LogP contribution in [-0.2, 0) is 19.5 Å². The van der Waals surface area contributed by atoms with E-state index in [2.05, 4.69) is 47.6 Å². The van der Waals surface area contributed by atoms with Gasteiger partial charge < -0.3 is 4.57 Å². The average molecular weight is 228 g/mol. The number of hydrogen-bond acceptors (Lipinski definition) is 1. The molecule has 0 bridgehead atoms. The molecule has 0 saturated carbocycles. The van der Waals surface area contributed by atoms with Crippen LogP contribution in [-0.4, -0.2) is 22.6 Å². The Kier molecular flexibility index (Phi) is 2.67. The van der Waals surface area contributed by atoms with Crippen LogP contribution in [0.25, 0.3) is 10.9 Å². The maximum atomic E-state index is 2.54. The molecule has 2 nitrogen and oxygen atoms in total. The molecular weight excluding hydrogens is 208 g/mol. The van der Waals surface area contributed by atoms with Gasteiger partial charge in [0, 0.05) is 36.2 Å². The van der Waals surface area contributed by atoms with Crippen LogP contribution in [0.5, 0.6) is 0 Å². The van der Waals surface area contributed by atoms with E-state index in [-0.39, 0.29) is 0 Å². The van der Waals surface area contributed by atoms with Crippen molar-refractivity contribution in [2.45, 2.75) is 33.4 Å². The molecule has 90 valence electrons. The molecule has 2 aromatic rings. The molecule has 2 heterocycles. The standard InChI is InChI=1S/C15H20N2/c1-3-16-10-9-13-12-7-5-6-8-14(12)17(4-2)15(13)11-16/h5-8H,3-4,9-11H2,1-2H3. The minimum absolute atomic E-state index is 1.08. The predicted molar refractivity (Wildman–Crippen MR) is 72.3 cm³/mol. The van der Waals surface area contributed by atoms with Gasteiger partial charge in [0.15, 0.2) is 0 Å². The van der Waals surface area contributed by atoms with Gasteiger partial charge in [0.2, 0.25) is 0 Å². The first-order valence-corrected chi connectivity index (χ1v) is 6.66. The summed E-state index contributed by atoms with van der Waals surface area (Å²) in [7, 11) is 0. The molecule has 0 amide bonds. The molecule has 1 aromatic heterocycles. The first-order valence-electron chi connectivity index (χ1n) is 6.66. The summed E-state index contributed by atoms with van der Waals surface area (Å²) in [5.41, 5.74) is 4.55. The van der Waals surface area contributed by atoms with E-state index in [4.69, 9.17) is 0 Å². The smallest absolute Gasteiger partial charge is 0.0485 e. The van der Waals surface area contributed by atoms with Crippen molar-refractivity contribution < 1.29 is 0 Å². The molecule has 1 aliphatic rings. The molecule has 0 spiro atoms. The van der Waals surface area contributed by atoms with Crippen molar-refractivity contribution in [1.82, 2.24) is 9.47 Å². The molecular formula is C15H20N2. The Balaban J connectivity index is 2.21. The molecule has 0 aliphatic carbocycles. The fraction of sp³-hybridized carbons (Fsp3) is 0.467. The van der Waals surface area contributed by atoms with Crippen LogP contribution in [0.1, 0.15) is 25.1 Å². The zero-order chi connectivity index (χ0) is 11.8. The van der Waals surface area contributed by atoms with Gasteiger partial charge in [-0.3, -0.25) is 4.90 Å². The van der Waals surface area contributed by atoms with Crippen molar-refractivity contribution in [2.24, 2.45) is 0 Å². The number of fused-ring (bicyclic) bond motifs is 3. The van der Waals surface area contributed by atoms with Crippen molar-refractivity contribution in [1.29, 1.82) is 0 Å². The Bertz CT molecular complexity index is 506. The molecule has 0 atom stereocenters. The highest BCUT2D eigenvalue weighted by Gasteiger charge is 2.22. The lowest BCUT2D eigenvalue weighted by Crippen LogP contribution is -2.31. The topological polar surface area (TPSA) is 8.17 Å². The monoisotopic (exact) mass is 228 g/mol. The van der Waals surface area contributed by atoms with E-state index in [1.54, 1.807) is 11.3 Å². The van der Waals surface area contributed by atoms with Gasteiger partial charge in [0.1, 0.15) is 0 Å². The second-order valence-corrected chi connectivity index (χ2v) is 4.81. The maximum absolute atomic E-state index is 2.54. The molecule has 1 aliphatic heterocycles. The van der Waals surface area contributed by atoms with Gasteiger partial charge >= 0.3 is 0 Å². The normalized spacial score (nSPS) is 16.4. The van der Waals surface area contributed by atoms with Crippen LogP contribution in [0, 0.1) is 0 Å². The molecule has 0 saturated heterocycles. The van der Waals surface area contributed by atoms with Crippen molar-refractivity contribution in [3.8, 4) is 0 Å². The molecule has 1 aromatic carbocycles. The third-order valence-electron chi connectivity index (χ3n) is 4.01. The lowest BCUT2D eigenvalue weighted by Gasteiger charge is -2.27. The summed E-state index contributed by atoms with van der Waals surface area (Å²) < 4.78 is 2.49. The molecule has 17 heavy (non-hydrogen) atoms. The number of aromatic nitrogens is 1. The highest BCUT2D eigenvalue weighted by molar-refractivity contribution is 5.85. The predicted octanol–water partition coefficient (Wildman–Crippen LogP) is 3.04.